The summed E-state index contributed by atoms with van der Waals surface area (Å²) in [6.45, 7) is 8.71. The Balaban J connectivity index is 1.70. The number of aliphatic hydroxyl groups excluding tert-OH is 1. The van der Waals surface area contributed by atoms with Crippen LogP contribution in [-0.4, -0.2) is 21.9 Å². The molecule has 2 N–H and O–H groups in total. The summed E-state index contributed by atoms with van der Waals surface area (Å²) < 4.78 is 0. The van der Waals surface area contributed by atoms with Crippen molar-refractivity contribution in [2.75, 3.05) is 0 Å². The van der Waals surface area contributed by atoms with Gasteiger partial charge in [0.05, 0.1) is 11.7 Å². The van der Waals surface area contributed by atoms with Crippen LogP contribution in [0.3, 0.4) is 0 Å². The molecular weight excluding hydrogens is 272 g/mol. The van der Waals surface area contributed by atoms with Crippen LogP contribution >= 0.6 is 0 Å². The number of hydrogen-bond donors (Lipinski definition) is 2. The minimum absolute atomic E-state index is 0.0894. The van der Waals surface area contributed by atoms with Crippen molar-refractivity contribution in [2.45, 2.75) is 76.9 Å². The molecule has 6 atom stereocenters. The Kier molecular flexibility index (Phi) is 3.20. The van der Waals surface area contributed by atoms with Gasteiger partial charge in [-0.25, -0.2) is 0 Å². The van der Waals surface area contributed by atoms with E-state index < -0.39 is 5.60 Å². The third-order valence-corrected chi connectivity index (χ3v) is 7.90. The number of hydrogen-bond acceptors (Lipinski definition) is 2. The molecule has 2 nitrogen and oxygen atoms in total. The van der Waals surface area contributed by atoms with Gasteiger partial charge in [0.2, 0.25) is 0 Å². The summed E-state index contributed by atoms with van der Waals surface area (Å²) in [7, 11) is 0. The van der Waals surface area contributed by atoms with Gasteiger partial charge < -0.3 is 10.2 Å². The van der Waals surface area contributed by atoms with Crippen molar-refractivity contribution < 1.29 is 10.2 Å². The Hall–Kier alpha value is -0.600. The zero-order valence-corrected chi connectivity index (χ0v) is 14.1. The van der Waals surface area contributed by atoms with Crippen LogP contribution in [0, 0.1) is 23.2 Å². The van der Waals surface area contributed by atoms with Crippen molar-refractivity contribution in [3.8, 4) is 0 Å². The number of rotatable bonds is 0. The minimum Gasteiger partial charge on any atom is -0.393 e. The molecule has 0 bridgehead atoms. The third-order valence-electron chi connectivity index (χ3n) is 7.90. The summed E-state index contributed by atoms with van der Waals surface area (Å²) in [5.41, 5.74) is 4.17. The molecule has 0 radical (unpaired) electrons. The summed E-state index contributed by atoms with van der Waals surface area (Å²) in [6, 6.07) is 0. The summed E-state index contributed by atoms with van der Waals surface area (Å²) in [4.78, 5) is 0. The van der Waals surface area contributed by atoms with Crippen LogP contribution in [0.15, 0.2) is 23.3 Å². The summed E-state index contributed by atoms with van der Waals surface area (Å²) in [6.07, 6.45) is 8.18. The van der Waals surface area contributed by atoms with Crippen molar-refractivity contribution >= 4 is 0 Å². The molecule has 4 aliphatic rings. The zero-order valence-electron chi connectivity index (χ0n) is 14.1. The van der Waals surface area contributed by atoms with Gasteiger partial charge in [-0.05, 0) is 75.5 Å². The van der Waals surface area contributed by atoms with Crippen LogP contribution in [-0.2, 0) is 0 Å². The monoisotopic (exact) mass is 302 g/mol. The molecule has 122 valence electrons. The maximum absolute atomic E-state index is 10.9. The Morgan fingerprint density at radius 1 is 1.09 bits per heavy atom. The Labute approximate surface area is 134 Å². The maximum Gasteiger partial charge on any atom is 0.0676 e. The van der Waals surface area contributed by atoms with E-state index in [1.165, 1.54) is 18.4 Å². The van der Waals surface area contributed by atoms with Crippen molar-refractivity contribution in [3.63, 3.8) is 0 Å². The second-order valence-corrected chi connectivity index (χ2v) is 8.84. The molecule has 0 aromatic carbocycles. The molecule has 0 saturated heterocycles. The van der Waals surface area contributed by atoms with Crippen molar-refractivity contribution in [2.24, 2.45) is 23.2 Å². The summed E-state index contributed by atoms with van der Waals surface area (Å²) in [5, 5.41) is 20.9. The van der Waals surface area contributed by atoms with Crippen LogP contribution in [0.4, 0.5) is 0 Å². The first-order valence-corrected chi connectivity index (χ1v) is 9.13. The highest BCUT2D eigenvalue weighted by Gasteiger charge is 2.59. The van der Waals surface area contributed by atoms with Gasteiger partial charge in [-0.1, -0.05) is 30.2 Å². The van der Waals surface area contributed by atoms with Crippen molar-refractivity contribution in [1.29, 1.82) is 0 Å². The molecule has 0 spiro atoms. The van der Waals surface area contributed by atoms with Crippen LogP contribution < -0.4 is 0 Å². The first-order chi connectivity index (χ1) is 10.3. The second kappa shape index (κ2) is 4.70. The highest BCUT2D eigenvalue weighted by molar-refractivity contribution is 5.37. The molecule has 0 aliphatic heterocycles. The molecule has 0 unspecified atom stereocenters. The molecule has 4 aliphatic carbocycles. The lowest BCUT2D eigenvalue weighted by atomic mass is 9.59. The molecule has 3 fully saturated rings. The smallest absolute Gasteiger partial charge is 0.0676 e. The lowest BCUT2D eigenvalue weighted by Crippen LogP contribution is -2.46. The molecule has 0 amide bonds. The molecular formula is C20H30O2. The predicted molar refractivity (Wildman–Crippen MR) is 88.3 cm³/mol. The number of fused-ring (bicyclic) bond motifs is 4. The van der Waals surface area contributed by atoms with E-state index in [4.69, 9.17) is 0 Å². The Bertz CT molecular complexity index is 544. The van der Waals surface area contributed by atoms with Gasteiger partial charge >= 0.3 is 0 Å². The Morgan fingerprint density at radius 3 is 2.64 bits per heavy atom. The maximum atomic E-state index is 10.9. The highest BCUT2D eigenvalue weighted by Crippen LogP contribution is 2.65. The van der Waals surface area contributed by atoms with Crippen LogP contribution in [0.2, 0.25) is 0 Å². The van der Waals surface area contributed by atoms with E-state index in [9.17, 15) is 10.2 Å². The fourth-order valence-electron chi connectivity index (χ4n) is 6.30. The fraction of sp³-hybridized carbons (Fsp3) is 0.800. The first-order valence-electron chi connectivity index (χ1n) is 9.13. The van der Waals surface area contributed by atoms with Crippen molar-refractivity contribution in [1.82, 2.24) is 0 Å². The molecule has 0 aromatic rings. The van der Waals surface area contributed by atoms with Gasteiger partial charge in [-0.2, -0.15) is 0 Å². The fourth-order valence-corrected chi connectivity index (χ4v) is 6.30. The molecule has 0 aromatic heterocycles. The number of aliphatic hydroxyl groups is 2. The van der Waals surface area contributed by atoms with Gasteiger partial charge in [-0.15, -0.1) is 0 Å². The molecule has 4 rings (SSSR count). The van der Waals surface area contributed by atoms with Gasteiger partial charge in [0.25, 0.3) is 0 Å². The van der Waals surface area contributed by atoms with E-state index in [2.05, 4.69) is 20.4 Å². The Morgan fingerprint density at radius 2 is 1.86 bits per heavy atom. The molecule has 22 heavy (non-hydrogen) atoms. The normalized spacial score (nSPS) is 51.4. The number of allylic oxidation sites excluding steroid dienone is 2. The van der Waals surface area contributed by atoms with E-state index in [0.717, 1.165) is 38.5 Å². The van der Waals surface area contributed by atoms with E-state index in [0.29, 0.717) is 17.8 Å². The van der Waals surface area contributed by atoms with E-state index >= 15 is 0 Å². The van der Waals surface area contributed by atoms with Crippen LogP contribution in [0.25, 0.3) is 0 Å². The molecule has 0 heterocycles. The van der Waals surface area contributed by atoms with Gasteiger partial charge in [0.15, 0.2) is 0 Å². The lowest BCUT2D eigenvalue weighted by molar-refractivity contribution is -0.0741. The van der Waals surface area contributed by atoms with E-state index in [-0.39, 0.29) is 11.5 Å². The topological polar surface area (TPSA) is 40.5 Å². The minimum atomic E-state index is -0.494. The standard InChI is InChI=1S/C20H30O2/c1-12-10-13(21)4-5-14-15-6-8-19(2)18(7-9-20(19,3)22)17(15)11-16(12)14/h13,16-18,21-22H,1,4-11H2,2-3H3/t13-,16+,17+,18-,19-,20-/m0/s1. The average molecular weight is 302 g/mol. The zero-order chi connectivity index (χ0) is 15.7. The first kappa shape index (κ1) is 15.0. The lowest BCUT2D eigenvalue weighted by Gasteiger charge is -2.48. The van der Waals surface area contributed by atoms with E-state index in [1.54, 1.807) is 11.1 Å². The van der Waals surface area contributed by atoms with Gasteiger partial charge in [-0.3, -0.25) is 0 Å². The quantitative estimate of drug-likeness (QED) is 0.664. The summed E-state index contributed by atoms with van der Waals surface area (Å²) in [5.74, 6) is 1.83. The predicted octanol–water partition coefficient (Wildman–Crippen LogP) is 3.98. The largest absolute Gasteiger partial charge is 0.393 e. The van der Waals surface area contributed by atoms with Crippen LogP contribution in [0.5, 0.6) is 0 Å². The van der Waals surface area contributed by atoms with Crippen LogP contribution in [0.1, 0.15) is 65.2 Å². The van der Waals surface area contributed by atoms with Gasteiger partial charge in [0, 0.05) is 5.92 Å². The SMILES string of the molecule is C=C1C[C@@H](O)CCC2=C3CC[C@@]4(C)[C@@H](CC[C@]4(C)O)[C@@H]3C[C@H]12. The van der Waals surface area contributed by atoms with E-state index in [1.807, 2.05) is 0 Å². The third kappa shape index (κ3) is 1.86. The molecule has 2 heteroatoms. The summed E-state index contributed by atoms with van der Waals surface area (Å²) >= 11 is 0. The average Bonchev–Trinajstić information content (AvgIpc) is 2.87. The van der Waals surface area contributed by atoms with Gasteiger partial charge in [0.1, 0.15) is 0 Å². The highest BCUT2D eigenvalue weighted by atomic mass is 16.3. The second-order valence-electron chi connectivity index (χ2n) is 8.84. The van der Waals surface area contributed by atoms with Crippen molar-refractivity contribution in [3.05, 3.63) is 23.3 Å². The molecule has 3 saturated carbocycles.